The Hall–Kier alpha value is -1.86. The molecule has 2 saturated carbocycles. The summed E-state index contributed by atoms with van der Waals surface area (Å²) in [4.78, 5) is 35.2. The zero-order valence-electron chi connectivity index (χ0n) is 21.2. The predicted octanol–water partition coefficient (Wildman–Crippen LogP) is 3.32. The van der Waals surface area contributed by atoms with Crippen LogP contribution in [0.1, 0.15) is 69.3 Å². The number of nitrogens with zero attached hydrogens (tertiary/aromatic N) is 4. The predicted molar refractivity (Wildman–Crippen MR) is 131 cm³/mol. The van der Waals surface area contributed by atoms with Crippen LogP contribution >= 0.6 is 0 Å². The van der Waals surface area contributed by atoms with Gasteiger partial charge in [0.15, 0.2) is 5.76 Å². The van der Waals surface area contributed by atoms with E-state index in [1.807, 2.05) is 4.90 Å². The fourth-order valence-corrected chi connectivity index (χ4v) is 7.53. The highest BCUT2D eigenvalue weighted by Crippen LogP contribution is 2.43. The highest BCUT2D eigenvalue weighted by atomic mass is 16.3. The molecule has 0 spiro atoms. The Bertz CT molecular complexity index is 842. The molecule has 4 atom stereocenters. The number of hydrogen-bond acceptors (Lipinski definition) is 5. The molecule has 3 unspecified atom stereocenters. The molecule has 0 aromatic carbocycles. The van der Waals surface area contributed by atoms with Crippen molar-refractivity contribution in [2.24, 2.45) is 11.8 Å². The quantitative estimate of drug-likeness (QED) is 0.678. The zero-order chi connectivity index (χ0) is 23.8. The first-order valence-electron chi connectivity index (χ1n) is 13.5. The van der Waals surface area contributed by atoms with Gasteiger partial charge in [-0.05, 0) is 82.9 Å². The van der Waals surface area contributed by atoms with Gasteiger partial charge >= 0.3 is 0 Å². The van der Waals surface area contributed by atoms with Crippen molar-refractivity contribution < 1.29 is 14.0 Å². The summed E-state index contributed by atoms with van der Waals surface area (Å²) >= 11 is 0. The summed E-state index contributed by atoms with van der Waals surface area (Å²) in [7, 11) is 2.23. The van der Waals surface area contributed by atoms with Gasteiger partial charge in [-0.25, -0.2) is 0 Å². The second kappa shape index (κ2) is 10.0. The molecule has 2 amide bonds. The lowest BCUT2D eigenvalue weighted by atomic mass is 9.68. The molecule has 2 aliphatic heterocycles. The minimum absolute atomic E-state index is 0.0190. The van der Waals surface area contributed by atoms with Crippen molar-refractivity contribution in [3.05, 3.63) is 24.2 Å². The van der Waals surface area contributed by atoms with Crippen molar-refractivity contribution in [2.45, 2.75) is 83.0 Å². The van der Waals surface area contributed by atoms with Crippen LogP contribution in [-0.4, -0.2) is 95.4 Å². The number of piperazine rings is 2. The molecule has 2 saturated heterocycles. The topological polar surface area (TPSA) is 60.2 Å². The third-order valence-corrected chi connectivity index (χ3v) is 9.33. The largest absolute Gasteiger partial charge is 0.459 e. The molecular weight excluding hydrogens is 428 g/mol. The lowest BCUT2D eigenvalue weighted by Gasteiger charge is -2.55. The summed E-state index contributed by atoms with van der Waals surface area (Å²) < 4.78 is 5.48. The second-order valence-electron chi connectivity index (χ2n) is 11.3. The fraction of sp³-hybridized carbons (Fsp3) is 0.778. The van der Waals surface area contributed by atoms with Crippen LogP contribution in [0.4, 0.5) is 0 Å². The summed E-state index contributed by atoms with van der Waals surface area (Å²) in [6.45, 7) is 9.15. The molecular formula is C27H42N4O3. The van der Waals surface area contributed by atoms with Crippen LogP contribution in [0.2, 0.25) is 0 Å². The van der Waals surface area contributed by atoms with Crippen LogP contribution in [-0.2, 0) is 4.79 Å². The van der Waals surface area contributed by atoms with Gasteiger partial charge < -0.3 is 19.1 Å². The number of amides is 2. The molecule has 0 N–H and O–H groups in total. The maximum atomic E-state index is 13.4. The van der Waals surface area contributed by atoms with Crippen molar-refractivity contribution in [3.8, 4) is 0 Å². The molecule has 1 aromatic rings. The first-order valence-corrected chi connectivity index (χ1v) is 13.5. The standard InChI is InChI=1S/C27H42N4O3/c1-19-18-30(27(33)26-5-4-16-34-26)25-17-22(8-11-24(25)31(19)20(2)32)21-6-9-23(10-7-21)29-14-12-28(3)13-15-29/h4-5,16,19,21-25H,6-15,17-18H2,1-3H3/t19-,21?,22?,23?,24?,25?/m0/s1. The molecule has 34 heavy (non-hydrogen) atoms. The molecule has 7 heteroatoms. The molecule has 4 fully saturated rings. The van der Waals surface area contributed by atoms with Crippen molar-refractivity contribution in [1.29, 1.82) is 0 Å². The number of fused-ring (bicyclic) bond motifs is 1. The van der Waals surface area contributed by atoms with E-state index in [4.69, 9.17) is 4.42 Å². The molecule has 0 radical (unpaired) electrons. The van der Waals surface area contributed by atoms with E-state index in [2.05, 4.69) is 28.7 Å². The van der Waals surface area contributed by atoms with E-state index in [0.29, 0.717) is 18.2 Å². The maximum Gasteiger partial charge on any atom is 0.289 e. The van der Waals surface area contributed by atoms with Crippen LogP contribution in [0.3, 0.4) is 0 Å². The number of carbonyl (C=O) groups excluding carboxylic acids is 2. The number of hydrogen-bond donors (Lipinski definition) is 0. The van der Waals surface area contributed by atoms with E-state index in [-0.39, 0.29) is 29.9 Å². The van der Waals surface area contributed by atoms with Crippen LogP contribution < -0.4 is 0 Å². The molecule has 1 aromatic heterocycles. The van der Waals surface area contributed by atoms with E-state index >= 15 is 0 Å². The molecule has 3 heterocycles. The van der Waals surface area contributed by atoms with Gasteiger partial charge in [-0.2, -0.15) is 0 Å². The summed E-state index contributed by atoms with van der Waals surface area (Å²) in [6.07, 6.45) is 9.98. The maximum absolute atomic E-state index is 13.4. The summed E-state index contributed by atoms with van der Waals surface area (Å²) in [5.41, 5.74) is 0. The summed E-state index contributed by atoms with van der Waals surface area (Å²) in [6, 6.07) is 4.54. The van der Waals surface area contributed by atoms with Crippen LogP contribution in [0, 0.1) is 11.8 Å². The Balaban J connectivity index is 1.26. The van der Waals surface area contributed by atoms with Gasteiger partial charge in [0.2, 0.25) is 5.91 Å². The third-order valence-electron chi connectivity index (χ3n) is 9.33. The third kappa shape index (κ3) is 4.66. The van der Waals surface area contributed by atoms with Gasteiger partial charge in [-0.1, -0.05) is 0 Å². The lowest BCUT2D eigenvalue weighted by molar-refractivity contribution is -0.142. The summed E-state index contributed by atoms with van der Waals surface area (Å²) in [5, 5.41) is 0. The molecule has 2 aliphatic carbocycles. The van der Waals surface area contributed by atoms with Crippen LogP contribution in [0.25, 0.3) is 0 Å². The molecule has 5 rings (SSSR count). The molecule has 0 bridgehead atoms. The first kappa shape index (κ1) is 23.9. The Kier molecular flexibility index (Phi) is 7.03. The lowest BCUT2D eigenvalue weighted by Crippen LogP contribution is -2.67. The first-order chi connectivity index (χ1) is 16.4. The fourth-order valence-electron chi connectivity index (χ4n) is 7.53. The number of carbonyl (C=O) groups is 2. The monoisotopic (exact) mass is 470 g/mol. The Morgan fingerprint density at radius 1 is 0.941 bits per heavy atom. The molecule has 4 aliphatic rings. The smallest absolute Gasteiger partial charge is 0.289 e. The Morgan fingerprint density at radius 3 is 2.29 bits per heavy atom. The van der Waals surface area contributed by atoms with Gasteiger partial charge in [0, 0.05) is 51.7 Å². The van der Waals surface area contributed by atoms with E-state index in [1.165, 1.54) is 58.3 Å². The van der Waals surface area contributed by atoms with Crippen molar-refractivity contribution in [3.63, 3.8) is 0 Å². The van der Waals surface area contributed by atoms with Crippen molar-refractivity contribution >= 4 is 11.8 Å². The normalized spacial score (nSPS) is 35.7. The average molecular weight is 471 g/mol. The zero-order valence-corrected chi connectivity index (χ0v) is 21.2. The highest BCUT2D eigenvalue weighted by Gasteiger charge is 2.48. The van der Waals surface area contributed by atoms with Crippen molar-refractivity contribution in [2.75, 3.05) is 39.8 Å². The average Bonchev–Trinajstić information content (AvgIpc) is 3.38. The van der Waals surface area contributed by atoms with E-state index in [1.54, 1.807) is 25.3 Å². The minimum atomic E-state index is -0.0190. The highest BCUT2D eigenvalue weighted by molar-refractivity contribution is 5.92. The minimum Gasteiger partial charge on any atom is -0.459 e. The molecule has 188 valence electrons. The van der Waals surface area contributed by atoms with Crippen LogP contribution in [0.5, 0.6) is 0 Å². The number of likely N-dealkylation sites (N-methyl/N-ethyl adjacent to an activating group) is 1. The Labute approximate surface area is 204 Å². The SMILES string of the molecule is CC(=O)N1C2CCC(C3CCC(N4CCN(C)CC4)CC3)CC2N(C(=O)c2ccco2)C[C@@H]1C. The van der Waals surface area contributed by atoms with Crippen LogP contribution in [0.15, 0.2) is 22.8 Å². The Morgan fingerprint density at radius 2 is 1.65 bits per heavy atom. The van der Waals surface area contributed by atoms with Gasteiger partial charge in [-0.15, -0.1) is 0 Å². The number of furan rings is 1. The van der Waals surface area contributed by atoms with E-state index in [9.17, 15) is 9.59 Å². The van der Waals surface area contributed by atoms with Gasteiger partial charge in [0.05, 0.1) is 18.3 Å². The van der Waals surface area contributed by atoms with Crippen molar-refractivity contribution in [1.82, 2.24) is 19.6 Å². The molecule has 7 nitrogen and oxygen atoms in total. The number of rotatable bonds is 3. The van der Waals surface area contributed by atoms with E-state index in [0.717, 1.165) is 24.8 Å². The van der Waals surface area contributed by atoms with Gasteiger partial charge in [-0.3, -0.25) is 14.5 Å². The van der Waals surface area contributed by atoms with Gasteiger partial charge in [0.25, 0.3) is 5.91 Å². The van der Waals surface area contributed by atoms with Gasteiger partial charge in [0.1, 0.15) is 0 Å². The van der Waals surface area contributed by atoms with E-state index < -0.39 is 0 Å². The second-order valence-corrected chi connectivity index (χ2v) is 11.3. The summed E-state index contributed by atoms with van der Waals surface area (Å²) in [5.74, 6) is 1.92.